The molecule has 0 amide bonds. The SMILES string of the molecule is N=C(c1ccccc1-c1ccccc1)C(F)(F)F. The van der Waals surface area contributed by atoms with E-state index in [1.54, 1.807) is 42.5 Å². The Labute approximate surface area is 102 Å². The van der Waals surface area contributed by atoms with Crippen LogP contribution in [0.25, 0.3) is 11.1 Å². The van der Waals surface area contributed by atoms with Crippen LogP contribution in [0.4, 0.5) is 13.2 Å². The number of rotatable bonds is 2. The first-order chi connectivity index (χ1) is 8.50. The third-order valence-electron chi connectivity index (χ3n) is 2.56. The lowest BCUT2D eigenvalue weighted by Crippen LogP contribution is -2.23. The standard InChI is InChI=1S/C14H10F3N/c15-14(16,17)13(18)12-9-5-4-8-11(12)10-6-2-1-3-7-10/h1-9,18H. The molecule has 0 heterocycles. The molecule has 0 unspecified atom stereocenters. The molecule has 2 rings (SSSR count). The molecule has 0 saturated heterocycles. The van der Waals surface area contributed by atoms with E-state index in [0.717, 1.165) is 0 Å². The highest BCUT2D eigenvalue weighted by Crippen LogP contribution is 2.29. The van der Waals surface area contributed by atoms with E-state index in [9.17, 15) is 13.2 Å². The number of hydrogen-bond donors (Lipinski definition) is 1. The summed E-state index contributed by atoms with van der Waals surface area (Å²) in [7, 11) is 0. The summed E-state index contributed by atoms with van der Waals surface area (Å²) in [6, 6.07) is 14.8. The largest absolute Gasteiger partial charge is 0.433 e. The van der Waals surface area contributed by atoms with E-state index in [0.29, 0.717) is 11.1 Å². The van der Waals surface area contributed by atoms with Gasteiger partial charge in [0, 0.05) is 5.56 Å². The smallest absolute Gasteiger partial charge is 0.296 e. The first-order valence-electron chi connectivity index (χ1n) is 5.30. The molecule has 2 aromatic carbocycles. The first-order valence-corrected chi connectivity index (χ1v) is 5.30. The van der Waals surface area contributed by atoms with Crippen molar-refractivity contribution in [3.63, 3.8) is 0 Å². The van der Waals surface area contributed by atoms with Gasteiger partial charge in [-0.2, -0.15) is 13.2 Å². The second-order valence-electron chi connectivity index (χ2n) is 3.78. The lowest BCUT2D eigenvalue weighted by Gasteiger charge is -2.13. The Morgan fingerprint density at radius 2 is 1.39 bits per heavy atom. The van der Waals surface area contributed by atoms with E-state index in [1.807, 2.05) is 0 Å². The molecule has 0 bridgehead atoms. The van der Waals surface area contributed by atoms with E-state index < -0.39 is 11.9 Å². The molecular weight excluding hydrogens is 239 g/mol. The lowest BCUT2D eigenvalue weighted by atomic mass is 9.96. The summed E-state index contributed by atoms with van der Waals surface area (Å²) >= 11 is 0. The van der Waals surface area contributed by atoms with Crippen LogP contribution in [0.1, 0.15) is 5.56 Å². The molecule has 0 spiro atoms. The van der Waals surface area contributed by atoms with Crippen LogP contribution in [0.5, 0.6) is 0 Å². The minimum Gasteiger partial charge on any atom is -0.296 e. The number of halogens is 3. The molecule has 0 aromatic heterocycles. The van der Waals surface area contributed by atoms with E-state index in [-0.39, 0.29) is 5.56 Å². The Morgan fingerprint density at radius 3 is 2.00 bits per heavy atom. The van der Waals surface area contributed by atoms with E-state index in [1.165, 1.54) is 12.1 Å². The molecule has 0 aliphatic rings. The van der Waals surface area contributed by atoms with Crippen molar-refractivity contribution in [2.24, 2.45) is 0 Å². The molecule has 1 N–H and O–H groups in total. The maximum atomic E-state index is 12.6. The molecule has 2 aromatic rings. The van der Waals surface area contributed by atoms with Crippen LogP contribution in [-0.4, -0.2) is 11.9 Å². The van der Waals surface area contributed by atoms with Crippen molar-refractivity contribution >= 4 is 5.71 Å². The normalized spacial score (nSPS) is 11.3. The zero-order valence-electron chi connectivity index (χ0n) is 9.33. The summed E-state index contributed by atoms with van der Waals surface area (Å²) in [5.74, 6) is 0. The zero-order valence-corrected chi connectivity index (χ0v) is 9.33. The Bertz CT molecular complexity index is 559. The fourth-order valence-corrected chi connectivity index (χ4v) is 1.72. The van der Waals surface area contributed by atoms with Crippen LogP contribution in [0, 0.1) is 5.41 Å². The maximum Gasteiger partial charge on any atom is 0.433 e. The Morgan fingerprint density at radius 1 is 0.833 bits per heavy atom. The van der Waals surface area contributed by atoms with Gasteiger partial charge in [-0.25, -0.2) is 0 Å². The van der Waals surface area contributed by atoms with E-state index >= 15 is 0 Å². The summed E-state index contributed by atoms with van der Waals surface area (Å²) in [6.45, 7) is 0. The van der Waals surface area contributed by atoms with Gasteiger partial charge in [0.2, 0.25) is 0 Å². The molecule has 0 radical (unpaired) electrons. The molecule has 0 fully saturated rings. The third kappa shape index (κ3) is 2.42. The molecule has 1 nitrogen and oxygen atoms in total. The van der Waals surface area contributed by atoms with Gasteiger partial charge < -0.3 is 0 Å². The van der Waals surface area contributed by atoms with Crippen LogP contribution in [0.2, 0.25) is 0 Å². The van der Waals surface area contributed by atoms with Crippen molar-refractivity contribution in [1.29, 1.82) is 5.41 Å². The van der Waals surface area contributed by atoms with Gasteiger partial charge in [-0.05, 0) is 11.1 Å². The molecule has 0 aliphatic heterocycles. The van der Waals surface area contributed by atoms with Gasteiger partial charge in [0.25, 0.3) is 0 Å². The van der Waals surface area contributed by atoms with Crippen molar-refractivity contribution in [3.05, 3.63) is 60.2 Å². The highest BCUT2D eigenvalue weighted by atomic mass is 19.4. The van der Waals surface area contributed by atoms with Gasteiger partial charge in [-0.3, -0.25) is 5.41 Å². The quantitative estimate of drug-likeness (QED) is 0.768. The Kier molecular flexibility index (Phi) is 3.19. The molecule has 92 valence electrons. The fourth-order valence-electron chi connectivity index (χ4n) is 1.72. The molecule has 0 aliphatic carbocycles. The van der Waals surface area contributed by atoms with Crippen LogP contribution < -0.4 is 0 Å². The maximum absolute atomic E-state index is 12.6. The van der Waals surface area contributed by atoms with E-state index in [2.05, 4.69) is 0 Å². The molecule has 4 heteroatoms. The summed E-state index contributed by atoms with van der Waals surface area (Å²) < 4.78 is 37.8. The van der Waals surface area contributed by atoms with Crippen molar-refractivity contribution in [1.82, 2.24) is 0 Å². The minimum atomic E-state index is -4.63. The predicted molar refractivity (Wildman–Crippen MR) is 64.8 cm³/mol. The lowest BCUT2D eigenvalue weighted by molar-refractivity contribution is -0.0587. The third-order valence-corrected chi connectivity index (χ3v) is 2.56. The van der Waals surface area contributed by atoms with Crippen LogP contribution in [0.3, 0.4) is 0 Å². The molecular formula is C14H10F3N. The number of benzene rings is 2. The Balaban J connectivity index is 2.54. The zero-order chi connectivity index (χ0) is 13.2. The molecule has 0 saturated carbocycles. The van der Waals surface area contributed by atoms with E-state index in [4.69, 9.17) is 5.41 Å². The monoisotopic (exact) mass is 249 g/mol. The average molecular weight is 249 g/mol. The van der Waals surface area contributed by atoms with Gasteiger partial charge >= 0.3 is 6.18 Å². The summed E-state index contributed by atoms with van der Waals surface area (Å²) in [5, 5.41) is 7.25. The number of nitrogens with one attached hydrogen (secondary N) is 1. The summed E-state index contributed by atoms with van der Waals surface area (Å²) in [5.41, 5.74) is -0.333. The van der Waals surface area contributed by atoms with Crippen molar-refractivity contribution < 1.29 is 13.2 Å². The van der Waals surface area contributed by atoms with Crippen molar-refractivity contribution in [2.45, 2.75) is 6.18 Å². The second-order valence-corrected chi connectivity index (χ2v) is 3.78. The van der Waals surface area contributed by atoms with Crippen LogP contribution in [-0.2, 0) is 0 Å². The highest BCUT2D eigenvalue weighted by Gasteiger charge is 2.36. The topological polar surface area (TPSA) is 23.9 Å². The predicted octanol–water partition coefficient (Wildman–Crippen LogP) is 4.28. The van der Waals surface area contributed by atoms with Crippen molar-refractivity contribution in [2.75, 3.05) is 0 Å². The van der Waals surface area contributed by atoms with Gasteiger partial charge in [0.15, 0.2) is 0 Å². The van der Waals surface area contributed by atoms with Crippen LogP contribution >= 0.6 is 0 Å². The first kappa shape index (κ1) is 12.4. The van der Waals surface area contributed by atoms with Gasteiger partial charge in [-0.1, -0.05) is 54.6 Å². The van der Waals surface area contributed by atoms with Crippen LogP contribution in [0.15, 0.2) is 54.6 Å². The summed E-state index contributed by atoms with van der Waals surface area (Å²) in [6.07, 6.45) is -4.63. The average Bonchev–Trinajstić information content (AvgIpc) is 2.38. The number of hydrogen-bond acceptors (Lipinski definition) is 1. The number of alkyl halides is 3. The Hall–Kier alpha value is -2.10. The van der Waals surface area contributed by atoms with Gasteiger partial charge in [0.1, 0.15) is 5.71 Å². The molecule has 18 heavy (non-hydrogen) atoms. The molecule has 0 atom stereocenters. The highest BCUT2D eigenvalue weighted by molar-refractivity contribution is 6.07. The van der Waals surface area contributed by atoms with Gasteiger partial charge in [-0.15, -0.1) is 0 Å². The van der Waals surface area contributed by atoms with Crippen molar-refractivity contribution in [3.8, 4) is 11.1 Å². The summed E-state index contributed by atoms with van der Waals surface area (Å²) in [4.78, 5) is 0. The van der Waals surface area contributed by atoms with Gasteiger partial charge in [0.05, 0.1) is 0 Å². The fraction of sp³-hybridized carbons (Fsp3) is 0.0714. The second kappa shape index (κ2) is 4.64. The minimum absolute atomic E-state index is 0.101.